The van der Waals surface area contributed by atoms with E-state index in [9.17, 15) is 9.18 Å². The van der Waals surface area contributed by atoms with E-state index >= 15 is 0 Å². The van der Waals surface area contributed by atoms with Gasteiger partial charge in [-0.3, -0.25) is 9.78 Å². The zero-order valence-corrected chi connectivity index (χ0v) is 16.0. The first-order valence-electron chi connectivity index (χ1n) is 9.40. The molecule has 3 aromatic rings. The predicted molar refractivity (Wildman–Crippen MR) is 114 cm³/mol. The van der Waals surface area contributed by atoms with Crippen LogP contribution in [0.3, 0.4) is 0 Å². The van der Waals surface area contributed by atoms with Crippen LogP contribution in [0.1, 0.15) is 11.3 Å². The molecule has 0 fully saturated rings. The van der Waals surface area contributed by atoms with Gasteiger partial charge in [0.25, 0.3) is 5.91 Å². The van der Waals surface area contributed by atoms with E-state index in [0.29, 0.717) is 11.3 Å². The number of fused-ring (bicyclic) bond motifs is 1. The van der Waals surface area contributed by atoms with Crippen molar-refractivity contribution in [3.8, 4) is 0 Å². The first-order chi connectivity index (χ1) is 14.1. The Bertz CT molecular complexity index is 1050. The molecule has 1 amide bonds. The molecule has 6 heteroatoms. The Labute approximate surface area is 168 Å². The van der Waals surface area contributed by atoms with Gasteiger partial charge in [0.2, 0.25) is 0 Å². The molecule has 0 saturated heterocycles. The molecule has 4 rings (SSSR count). The molecule has 0 aliphatic carbocycles. The van der Waals surface area contributed by atoms with Gasteiger partial charge in [-0.2, -0.15) is 0 Å². The molecule has 0 atom stereocenters. The third-order valence-corrected chi connectivity index (χ3v) is 4.90. The summed E-state index contributed by atoms with van der Waals surface area (Å²) in [4.78, 5) is 18.6. The zero-order chi connectivity index (χ0) is 20.2. The largest absolute Gasteiger partial charge is 0.374 e. The summed E-state index contributed by atoms with van der Waals surface area (Å²) in [6, 6.07) is 18.4. The molecule has 29 heavy (non-hydrogen) atoms. The van der Waals surface area contributed by atoms with Crippen molar-refractivity contribution in [1.29, 1.82) is 0 Å². The highest BCUT2D eigenvalue weighted by molar-refractivity contribution is 6.31. The Morgan fingerprint density at radius 3 is 2.69 bits per heavy atom. The molecule has 2 aromatic carbocycles. The van der Waals surface area contributed by atoms with E-state index in [1.165, 1.54) is 6.07 Å². The van der Waals surface area contributed by atoms with Crippen LogP contribution in [0.25, 0.3) is 5.57 Å². The number of amides is 1. The lowest BCUT2D eigenvalue weighted by Gasteiger charge is -2.19. The van der Waals surface area contributed by atoms with E-state index in [1.54, 1.807) is 24.5 Å². The Kier molecular flexibility index (Phi) is 5.24. The minimum Gasteiger partial charge on any atom is -0.374 e. The van der Waals surface area contributed by atoms with Crippen LogP contribution in [-0.4, -0.2) is 24.5 Å². The quantitative estimate of drug-likeness (QED) is 0.618. The number of benzene rings is 2. The zero-order valence-electron chi connectivity index (χ0n) is 16.0. The van der Waals surface area contributed by atoms with Gasteiger partial charge in [0.05, 0.1) is 11.3 Å². The highest BCUT2D eigenvalue weighted by atomic mass is 19.1. The summed E-state index contributed by atoms with van der Waals surface area (Å²) in [6.07, 6.45) is 4.22. The monoisotopic (exact) mass is 388 g/mol. The number of nitrogens with zero attached hydrogens (tertiary/aromatic N) is 2. The van der Waals surface area contributed by atoms with E-state index in [-0.39, 0.29) is 11.5 Å². The molecule has 1 aromatic heterocycles. The fourth-order valence-electron chi connectivity index (χ4n) is 3.27. The Morgan fingerprint density at radius 1 is 1.10 bits per heavy atom. The minimum absolute atomic E-state index is 0.287. The second-order valence-electron chi connectivity index (χ2n) is 6.86. The van der Waals surface area contributed by atoms with E-state index in [4.69, 9.17) is 0 Å². The van der Waals surface area contributed by atoms with Gasteiger partial charge < -0.3 is 15.5 Å². The molecule has 0 unspecified atom stereocenters. The van der Waals surface area contributed by atoms with Crippen LogP contribution in [-0.2, 0) is 11.2 Å². The number of nitrogens with one attached hydrogen (secondary N) is 2. The summed E-state index contributed by atoms with van der Waals surface area (Å²) in [5, 5.41) is 5.77. The van der Waals surface area contributed by atoms with Crippen molar-refractivity contribution in [3.05, 3.63) is 90.1 Å². The summed E-state index contributed by atoms with van der Waals surface area (Å²) >= 11 is 0. The second-order valence-corrected chi connectivity index (χ2v) is 6.86. The summed E-state index contributed by atoms with van der Waals surface area (Å²) in [5.41, 5.74) is 4.04. The van der Waals surface area contributed by atoms with Crippen molar-refractivity contribution in [3.63, 3.8) is 0 Å². The average Bonchev–Trinajstić information content (AvgIpc) is 3.08. The predicted octanol–water partition coefficient (Wildman–Crippen LogP) is 4.30. The number of halogens is 1. The van der Waals surface area contributed by atoms with Gasteiger partial charge in [0.15, 0.2) is 0 Å². The SMILES string of the molecule is CN(CCc1ccccn1)c1ccc(N/C=C2\C(=O)Nc3cccc(F)c32)cc1. The number of likely N-dealkylation sites (N-methyl/N-ethyl adjacent to an activating group) is 1. The van der Waals surface area contributed by atoms with Crippen molar-refractivity contribution in [2.24, 2.45) is 0 Å². The van der Waals surface area contributed by atoms with Crippen LogP contribution < -0.4 is 15.5 Å². The summed E-state index contributed by atoms with van der Waals surface area (Å²) in [5.74, 6) is -0.734. The Hall–Kier alpha value is -3.67. The van der Waals surface area contributed by atoms with Gasteiger partial charge in [-0.1, -0.05) is 12.1 Å². The molecule has 146 valence electrons. The highest BCUT2D eigenvalue weighted by Gasteiger charge is 2.27. The van der Waals surface area contributed by atoms with Crippen LogP contribution in [0.2, 0.25) is 0 Å². The average molecular weight is 388 g/mol. The smallest absolute Gasteiger partial charge is 0.257 e. The second kappa shape index (κ2) is 8.14. The third-order valence-electron chi connectivity index (χ3n) is 4.90. The topological polar surface area (TPSA) is 57.3 Å². The molecule has 2 heterocycles. The lowest BCUT2D eigenvalue weighted by atomic mass is 10.1. The number of hydrogen-bond acceptors (Lipinski definition) is 4. The first-order valence-corrected chi connectivity index (χ1v) is 9.40. The number of carbonyl (C=O) groups excluding carboxylic acids is 1. The molecular weight excluding hydrogens is 367 g/mol. The third kappa shape index (κ3) is 4.11. The van der Waals surface area contributed by atoms with E-state index in [0.717, 1.165) is 30.0 Å². The van der Waals surface area contributed by atoms with Crippen molar-refractivity contribution in [2.45, 2.75) is 6.42 Å². The van der Waals surface area contributed by atoms with Gasteiger partial charge in [-0.25, -0.2) is 4.39 Å². The van der Waals surface area contributed by atoms with Crippen LogP contribution in [0.5, 0.6) is 0 Å². The van der Waals surface area contributed by atoms with Gasteiger partial charge in [0, 0.05) is 55.0 Å². The van der Waals surface area contributed by atoms with Gasteiger partial charge in [-0.05, 0) is 48.5 Å². The van der Waals surface area contributed by atoms with Crippen LogP contribution in [0, 0.1) is 5.82 Å². The fourth-order valence-corrected chi connectivity index (χ4v) is 3.27. The molecule has 0 spiro atoms. The number of rotatable bonds is 6. The Balaban J connectivity index is 1.41. The molecule has 0 saturated carbocycles. The maximum absolute atomic E-state index is 14.1. The van der Waals surface area contributed by atoms with Gasteiger partial charge >= 0.3 is 0 Å². The standard InChI is InChI=1S/C23H21FN4O/c1-28(14-12-16-5-2-3-13-25-16)18-10-8-17(9-11-18)26-15-19-22-20(24)6-4-7-21(22)27-23(19)29/h2-11,13,15,26H,12,14H2,1H3,(H,27,29)/b19-15-. The van der Waals surface area contributed by atoms with E-state index in [2.05, 4.69) is 20.5 Å². The maximum atomic E-state index is 14.1. The van der Waals surface area contributed by atoms with Crippen LogP contribution in [0.15, 0.2) is 73.1 Å². The lowest BCUT2D eigenvalue weighted by molar-refractivity contribution is -0.110. The van der Waals surface area contributed by atoms with E-state index < -0.39 is 5.82 Å². The maximum Gasteiger partial charge on any atom is 0.257 e. The normalized spacial score (nSPS) is 13.9. The summed E-state index contributed by atoms with van der Waals surface area (Å²) in [6.45, 7) is 0.851. The molecule has 5 nitrogen and oxygen atoms in total. The van der Waals surface area contributed by atoms with Gasteiger partial charge in [0.1, 0.15) is 5.82 Å². The number of hydrogen-bond donors (Lipinski definition) is 2. The summed E-state index contributed by atoms with van der Waals surface area (Å²) < 4.78 is 14.1. The summed E-state index contributed by atoms with van der Waals surface area (Å²) in [7, 11) is 2.04. The van der Waals surface area contributed by atoms with Crippen molar-refractivity contribution >= 4 is 28.5 Å². The van der Waals surface area contributed by atoms with Crippen molar-refractivity contribution in [2.75, 3.05) is 29.1 Å². The molecule has 0 bridgehead atoms. The number of aromatic nitrogens is 1. The fraction of sp³-hybridized carbons (Fsp3) is 0.130. The number of anilines is 3. The molecule has 0 radical (unpaired) electrons. The highest BCUT2D eigenvalue weighted by Crippen LogP contribution is 2.33. The number of carbonyl (C=O) groups is 1. The lowest BCUT2D eigenvalue weighted by Crippen LogP contribution is -2.20. The van der Waals surface area contributed by atoms with Crippen LogP contribution >= 0.6 is 0 Å². The number of pyridine rings is 1. The van der Waals surface area contributed by atoms with Crippen molar-refractivity contribution in [1.82, 2.24) is 4.98 Å². The molecular formula is C23H21FN4O. The molecule has 1 aliphatic heterocycles. The van der Waals surface area contributed by atoms with Crippen molar-refractivity contribution < 1.29 is 9.18 Å². The van der Waals surface area contributed by atoms with Gasteiger partial charge in [-0.15, -0.1) is 0 Å². The first kappa shape index (κ1) is 18.7. The van der Waals surface area contributed by atoms with E-state index in [1.807, 2.05) is 49.5 Å². The minimum atomic E-state index is -0.418. The molecule has 1 aliphatic rings. The molecule has 2 N–H and O–H groups in total. The van der Waals surface area contributed by atoms with Crippen LogP contribution in [0.4, 0.5) is 21.5 Å². The Morgan fingerprint density at radius 2 is 1.93 bits per heavy atom.